The first-order valence-electron chi connectivity index (χ1n) is 9.29. The summed E-state index contributed by atoms with van der Waals surface area (Å²) in [7, 11) is -3.78. The summed E-state index contributed by atoms with van der Waals surface area (Å²) in [5.74, 6) is -0.173. The molecule has 1 aliphatic rings. The number of aryl methyl sites for hydroxylation is 1. The van der Waals surface area contributed by atoms with Gasteiger partial charge in [-0.15, -0.1) is 0 Å². The quantitative estimate of drug-likeness (QED) is 0.706. The summed E-state index contributed by atoms with van der Waals surface area (Å²) in [6, 6.07) is 12.8. The summed E-state index contributed by atoms with van der Waals surface area (Å²) in [6.45, 7) is 2.99. The van der Waals surface area contributed by atoms with Gasteiger partial charge in [-0.2, -0.15) is 0 Å². The Hall–Kier alpha value is -2.91. The zero-order valence-electron chi connectivity index (χ0n) is 16.1. The van der Waals surface area contributed by atoms with Crippen LogP contribution in [0, 0.1) is 6.92 Å². The maximum absolute atomic E-state index is 12.6. The van der Waals surface area contributed by atoms with Gasteiger partial charge < -0.3 is 15.5 Å². The van der Waals surface area contributed by atoms with Crippen molar-refractivity contribution in [3.05, 3.63) is 59.7 Å². The second kappa shape index (κ2) is 8.62. The molecule has 0 saturated carbocycles. The lowest BCUT2D eigenvalue weighted by Gasteiger charge is -2.32. The lowest BCUT2D eigenvalue weighted by molar-refractivity contribution is 0.0708. The van der Waals surface area contributed by atoms with Gasteiger partial charge in [0.1, 0.15) is 0 Å². The van der Waals surface area contributed by atoms with Crippen LogP contribution in [0.25, 0.3) is 0 Å². The molecule has 0 bridgehead atoms. The Morgan fingerprint density at radius 2 is 1.59 bits per heavy atom. The molecule has 0 radical (unpaired) electrons. The highest BCUT2D eigenvalue weighted by atomic mass is 32.2. The normalized spacial score (nSPS) is 15.0. The molecule has 9 heteroatoms. The van der Waals surface area contributed by atoms with E-state index in [2.05, 4.69) is 10.6 Å². The molecule has 2 aromatic carbocycles. The van der Waals surface area contributed by atoms with E-state index < -0.39 is 10.0 Å². The number of nitrogens with two attached hydrogens (primary N) is 1. The predicted molar refractivity (Wildman–Crippen MR) is 110 cm³/mol. The molecule has 1 aliphatic heterocycles. The molecule has 0 atom stereocenters. The SMILES string of the molecule is Cc1ccc(NC(=O)NC2CCN(C(=O)c3ccc(S(N)(=O)=O)cc3)CC2)cc1. The summed E-state index contributed by atoms with van der Waals surface area (Å²) in [4.78, 5) is 26.4. The van der Waals surface area contributed by atoms with Crippen molar-refractivity contribution in [2.24, 2.45) is 5.14 Å². The fourth-order valence-corrected chi connectivity index (χ4v) is 3.70. The van der Waals surface area contributed by atoms with Gasteiger partial charge in [-0.05, 0) is 56.2 Å². The van der Waals surface area contributed by atoms with Gasteiger partial charge >= 0.3 is 6.03 Å². The van der Waals surface area contributed by atoms with E-state index in [0.717, 1.165) is 11.3 Å². The summed E-state index contributed by atoms with van der Waals surface area (Å²) >= 11 is 0. The molecule has 3 amide bonds. The van der Waals surface area contributed by atoms with Gasteiger partial charge in [-0.3, -0.25) is 4.79 Å². The third-order valence-electron chi connectivity index (χ3n) is 4.86. The van der Waals surface area contributed by atoms with Crippen molar-refractivity contribution in [2.75, 3.05) is 18.4 Å². The van der Waals surface area contributed by atoms with Gasteiger partial charge in [-0.25, -0.2) is 18.4 Å². The first-order valence-corrected chi connectivity index (χ1v) is 10.8. The number of nitrogens with zero attached hydrogens (tertiary/aromatic N) is 1. The molecule has 0 aromatic heterocycles. The van der Waals surface area contributed by atoms with E-state index in [1.54, 1.807) is 4.90 Å². The van der Waals surface area contributed by atoms with Crippen LogP contribution >= 0.6 is 0 Å². The van der Waals surface area contributed by atoms with Crippen molar-refractivity contribution in [1.29, 1.82) is 0 Å². The Bertz CT molecular complexity index is 980. The number of anilines is 1. The van der Waals surface area contributed by atoms with Gasteiger partial charge in [0, 0.05) is 30.4 Å². The highest BCUT2D eigenvalue weighted by molar-refractivity contribution is 7.89. The topological polar surface area (TPSA) is 122 Å². The zero-order chi connectivity index (χ0) is 21.0. The van der Waals surface area contributed by atoms with Gasteiger partial charge in [0.25, 0.3) is 5.91 Å². The van der Waals surface area contributed by atoms with E-state index in [9.17, 15) is 18.0 Å². The number of hydrogen-bond donors (Lipinski definition) is 3. The Morgan fingerprint density at radius 3 is 2.14 bits per heavy atom. The van der Waals surface area contributed by atoms with Crippen LogP contribution in [-0.4, -0.2) is 44.4 Å². The van der Waals surface area contributed by atoms with Crippen LogP contribution < -0.4 is 15.8 Å². The van der Waals surface area contributed by atoms with Crippen molar-refractivity contribution in [3.8, 4) is 0 Å². The summed E-state index contributed by atoms with van der Waals surface area (Å²) in [6.07, 6.45) is 1.28. The highest BCUT2D eigenvalue weighted by Crippen LogP contribution is 2.16. The second-order valence-corrected chi connectivity index (χ2v) is 8.66. The molecule has 0 unspecified atom stereocenters. The first kappa shape index (κ1) is 20.8. The zero-order valence-corrected chi connectivity index (χ0v) is 16.9. The van der Waals surface area contributed by atoms with Gasteiger partial charge in [0.2, 0.25) is 10.0 Å². The maximum Gasteiger partial charge on any atom is 0.319 e. The van der Waals surface area contributed by atoms with Crippen molar-refractivity contribution in [1.82, 2.24) is 10.2 Å². The van der Waals surface area contributed by atoms with Gasteiger partial charge in [-0.1, -0.05) is 17.7 Å². The van der Waals surface area contributed by atoms with Crippen molar-refractivity contribution < 1.29 is 18.0 Å². The fraction of sp³-hybridized carbons (Fsp3) is 0.300. The van der Waals surface area contributed by atoms with E-state index in [-0.39, 0.29) is 22.9 Å². The van der Waals surface area contributed by atoms with Crippen molar-refractivity contribution in [3.63, 3.8) is 0 Å². The van der Waals surface area contributed by atoms with Crippen LogP contribution in [0.1, 0.15) is 28.8 Å². The molecule has 0 spiro atoms. The van der Waals surface area contributed by atoms with Crippen LogP contribution in [0.4, 0.5) is 10.5 Å². The molecule has 29 heavy (non-hydrogen) atoms. The van der Waals surface area contributed by atoms with Crippen LogP contribution in [-0.2, 0) is 10.0 Å². The number of nitrogens with one attached hydrogen (secondary N) is 2. The number of rotatable bonds is 4. The highest BCUT2D eigenvalue weighted by Gasteiger charge is 2.25. The Balaban J connectivity index is 1.50. The number of carbonyl (C=O) groups is 2. The number of benzene rings is 2. The number of sulfonamides is 1. The molecule has 1 saturated heterocycles. The Kier molecular flexibility index (Phi) is 6.19. The summed E-state index contributed by atoms with van der Waals surface area (Å²) in [5.41, 5.74) is 2.25. The lowest BCUT2D eigenvalue weighted by Crippen LogP contribution is -2.47. The average molecular weight is 417 g/mol. The van der Waals surface area contributed by atoms with E-state index in [1.807, 2.05) is 31.2 Å². The first-order chi connectivity index (χ1) is 13.7. The number of piperidine rings is 1. The number of primary sulfonamides is 1. The lowest BCUT2D eigenvalue weighted by atomic mass is 10.0. The number of likely N-dealkylation sites (tertiary alicyclic amines) is 1. The molecular formula is C20H24N4O4S. The molecule has 1 fully saturated rings. The average Bonchev–Trinajstić information content (AvgIpc) is 2.69. The second-order valence-electron chi connectivity index (χ2n) is 7.10. The molecule has 0 aliphatic carbocycles. The molecule has 1 heterocycles. The minimum atomic E-state index is -3.78. The fourth-order valence-electron chi connectivity index (χ4n) is 3.19. The van der Waals surface area contributed by atoms with Crippen LogP contribution in [0.5, 0.6) is 0 Å². The molecule has 8 nitrogen and oxygen atoms in total. The Labute approximate surface area is 170 Å². The molecule has 2 aromatic rings. The molecule has 3 rings (SSSR count). The third kappa shape index (κ3) is 5.55. The van der Waals surface area contributed by atoms with E-state index >= 15 is 0 Å². The van der Waals surface area contributed by atoms with Crippen molar-refractivity contribution in [2.45, 2.75) is 30.7 Å². The predicted octanol–water partition coefficient (Wildman–Crippen LogP) is 2.07. The standard InChI is InChI=1S/C20H24N4O4S/c1-14-2-6-16(7-3-14)22-20(26)23-17-10-12-24(13-11-17)19(25)15-4-8-18(9-5-15)29(21,27)28/h2-9,17H,10-13H2,1H3,(H2,21,27,28)(H2,22,23,26). The third-order valence-corrected chi connectivity index (χ3v) is 5.79. The number of urea groups is 1. The molecule has 154 valence electrons. The van der Waals surface area contributed by atoms with Gasteiger partial charge in [0.15, 0.2) is 0 Å². The number of carbonyl (C=O) groups excluding carboxylic acids is 2. The van der Waals surface area contributed by atoms with E-state index in [1.165, 1.54) is 24.3 Å². The minimum Gasteiger partial charge on any atom is -0.338 e. The molecular weight excluding hydrogens is 392 g/mol. The van der Waals surface area contributed by atoms with E-state index in [0.29, 0.717) is 31.5 Å². The number of hydrogen-bond acceptors (Lipinski definition) is 4. The minimum absolute atomic E-state index is 0.0192. The van der Waals surface area contributed by atoms with E-state index in [4.69, 9.17) is 5.14 Å². The van der Waals surface area contributed by atoms with Gasteiger partial charge in [0.05, 0.1) is 4.90 Å². The monoisotopic (exact) mass is 416 g/mol. The summed E-state index contributed by atoms with van der Waals surface area (Å²) in [5, 5.41) is 10.8. The smallest absolute Gasteiger partial charge is 0.319 e. The summed E-state index contributed by atoms with van der Waals surface area (Å²) < 4.78 is 22.6. The molecule has 4 N–H and O–H groups in total. The largest absolute Gasteiger partial charge is 0.338 e. The Morgan fingerprint density at radius 1 is 1.00 bits per heavy atom. The van der Waals surface area contributed by atoms with Crippen molar-refractivity contribution >= 4 is 27.6 Å². The van der Waals surface area contributed by atoms with Crippen LogP contribution in [0.2, 0.25) is 0 Å². The maximum atomic E-state index is 12.6. The van der Waals surface area contributed by atoms with Crippen LogP contribution in [0.15, 0.2) is 53.4 Å². The number of amides is 3. The van der Waals surface area contributed by atoms with Crippen LogP contribution in [0.3, 0.4) is 0 Å².